The van der Waals surface area contributed by atoms with Crippen molar-refractivity contribution < 1.29 is 23.0 Å². The smallest absolute Gasteiger partial charge is 0.348 e. The molecule has 0 amide bonds. The maximum atomic E-state index is 13.3. The van der Waals surface area contributed by atoms with Crippen molar-refractivity contribution in [3.05, 3.63) is 71.8 Å². The minimum Gasteiger partial charge on any atom is -0.460 e. The van der Waals surface area contributed by atoms with Crippen LogP contribution in [-0.2, 0) is 19.9 Å². The molecule has 0 spiro atoms. The summed E-state index contributed by atoms with van der Waals surface area (Å²) in [4.78, 5) is 13.3. The van der Waals surface area contributed by atoms with Gasteiger partial charge in [-0.15, -0.1) is 0 Å². The number of halogens is 2. The summed E-state index contributed by atoms with van der Waals surface area (Å²) >= 11 is 0. The minimum atomic E-state index is -2.71. The number of carbonyl (C=O) groups is 1. The number of hydrogen-bond acceptors (Lipinski definition) is 4. The standard InChI is InChI=1S/C21H23F2NO3/c22-19(23)15-26-21(16-7-3-1-4-8-16,17-9-5-2-6-10-17)20(25)27-18-11-13-24-14-12-18/h1-10,18-19,24H,11-15H2. The number of carbonyl (C=O) groups excluding carboxylic acids is 1. The van der Waals surface area contributed by atoms with Gasteiger partial charge in [0, 0.05) is 0 Å². The lowest BCUT2D eigenvalue weighted by Crippen LogP contribution is -2.45. The second-order valence-electron chi connectivity index (χ2n) is 6.47. The van der Waals surface area contributed by atoms with Crippen molar-refractivity contribution in [2.75, 3.05) is 19.7 Å². The van der Waals surface area contributed by atoms with E-state index in [1.54, 1.807) is 60.7 Å². The second-order valence-corrected chi connectivity index (χ2v) is 6.47. The van der Waals surface area contributed by atoms with Crippen molar-refractivity contribution in [1.82, 2.24) is 5.32 Å². The van der Waals surface area contributed by atoms with Gasteiger partial charge in [-0.05, 0) is 37.1 Å². The highest BCUT2D eigenvalue weighted by Crippen LogP contribution is 2.36. The zero-order valence-electron chi connectivity index (χ0n) is 14.9. The highest BCUT2D eigenvalue weighted by Gasteiger charge is 2.46. The zero-order chi connectivity index (χ0) is 19.1. The monoisotopic (exact) mass is 375 g/mol. The molecule has 6 heteroatoms. The summed E-state index contributed by atoms with van der Waals surface area (Å²) in [6.45, 7) is 0.629. The van der Waals surface area contributed by atoms with Crippen molar-refractivity contribution in [1.29, 1.82) is 0 Å². The molecule has 144 valence electrons. The molecule has 0 saturated carbocycles. The van der Waals surface area contributed by atoms with Crippen LogP contribution in [0.4, 0.5) is 8.78 Å². The number of esters is 1. The van der Waals surface area contributed by atoms with Crippen LogP contribution < -0.4 is 5.32 Å². The Morgan fingerprint density at radius 2 is 1.52 bits per heavy atom. The molecular formula is C21H23F2NO3. The molecule has 3 rings (SSSR count). The molecule has 1 N–H and O–H groups in total. The minimum absolute atomic E-state index is 0.263. The van der Waals surface area contributed by atoms with Gasteiger partial charge in [0.2, 0.25) is 5.60 Å². The van der Waals surface area contributed by atoms with Gasteiger partial charge in [0.1, 0.15) is 12.7 Å². The van der Waals surface area contributed by atoms with E-state index in [0.29, 0.717) is 24.0 Å². The normalized spacial score (nSPS) is 15.7. The molecule has 0 atom stereocenters. The summed E-state index contributed by atoms with van der Waals surface area (Å²) in [6, 6.07) is 17.4. The number of rotatable bonds is 7. The summed E-state index contributed by atoms with van der Waals surface area (Å²) in [7, 11) is 0. The first kappa shape index (κ1) is 19.5. The van der Waals surface area contributed by atoms with Crippen LogP contribution in [0.3, 0.4) is 0 Å². The molecule has 0 radical (unpaired) electrons. The van der Waals surface area contributed by atoms with Gasteiger partial charge < -0.3 is 14.8 Å². The van der Waals surface area contributed by atoms with E-state index < -0.39 is 24.6 Å². The summed E-state index contributed by atoms with van der Waals surface area (Å²) in [5.41, 5.74) is -0.796. The molecule has 1 saturated heterocycles. The van der Waals surface area contributed by atoms with Crippen LogP contribution in [0.15, 0.2) is 60.7 Å². The number of piperidine rings is 1. The van der Waals surface area contributed by atoms with Crippen LogP contribution >= 0.6 is 0 Å². The lowest BCUT2D eigenvalue weighted by Gasteiger charge is -2.35. The Hall–Kier alpha value is -2.31. The van der Waals surface area contributed by atoms with E-state index in [0.717, 1.165) is 13.1 Å². The first-order valence-corrected chi connectivity index (χ1v) is 9.08. The van der Waals surface area contributed by atoms with Crippen molar-refractivity contribution in [2.24, 2.45) is 0 Å². The number of ether oxygens (including phenoxy) is 2. The molecule has 1 fully saturated rings. The number of benzene rings is 2. The van der Waals surface area contributed by atoms with Gasteiger partial charge in [-0.1, -0.05) is 60.7 Å². The van der Waals surface area contributed by atoms with Gasteiger partial charge in [0.05, 0.1) is 0 Å². The molecule has 1 aliphatic rings. The third kappa shape index (κ3) is 4.51. The van der Waals surface area contributed by atoms with E-state index in [1.807, 2.05) is 0 Å². The second kappa shape index (κ2) is 9.06. The molecule has 0 unspecified atom stereocenters. The van der Waals surface area contributed by atoms with E-state index in [2.05, 4.69) is 5.32 Å². The third-order valence-corrected chi connectivity index (χ3v) is 4.63. The first-order valence-electron chi connectivity index (χ1n) is 9.08. The summed E-state index contributed by atoms with van der Waals surface area (Å²) in [6.07, 6.45) is -1.61. The van der Waals surface area contributed by atoms with Crippen LogP contribution in [0.2, 0.25) is 0 Å². The fourth-order valence-corrected chi connectivity index (χ4v) is 3.31. The van der Waals surface area contributed by atoms with E-state index in [4.69, 9.17) is 9.47 Å². The van der Waals surface area contributed by atoms with Crippen molar-refractivity contribution in [3.8, 4) is 0 Å². The topological polar surface area (TPSA) is 47.6 Å². The Bertz CT molecular complexity index is 679. The van der Waals surface area contributed by atoms with Crippen LogP contribution in [0.1, 0.15) is 24.0 Å². The maximum absolute atomic E-state index is 13.3. The molecule has 0 aliphatic carbocycles. The summed E-state index contributed by atoms with van der Waals surface area (Å²) in [5, 5.41) is 3.21. The lowest BCUT2D eigenvalue weighted by atomic mass is 9.85. The molecule has 2 aromatic carbocycles. The van der Waals surface area contributed by atoms with Crippen LogP contribution in [0.25, 0.3) is 0 Å². The molecule has 2 aromatic rings. The molecule has 4 nitrogen and oxygen atoms in total. The van der Waals surface area contributed by atoms with Crippen molar-refractivity contribution in [2.45, 2.75) is 31.0 Å². The molecule has 1 heterocycles. The SMILES string of the molecule is O=C(OC1CCNCC1)C(OCC(F)F)(c1ccccc1)c1ccccc1. The quantitative estimate of drug-likeness (QED) is 0.753. The maximum Gasteiger partial charge on any atom is 0.348 e. The van der Waals surface area contributed by atoms with E-state index in [-0.39, 0.29) is 6.10 Å². The predicted molar refractivity (Wildman–Crippen MR) is 97.6 cm³/mol. The Balaban J connectivity index is 2.03. The Kier molecular flexibility index (Phi) is 6.53. The Morgan fingerprint density at radius 1 is 1.00 bits per heavy atom. The third-order valence-electron chi connectivity index (χ3n) is 4.63. The fraction of sp³-hybridized carbons (Fsp3) is 0.381. The first-order chi connectivity index (χ1) is 13.1. The van der Waals surface area contributed by atoms with Gasteiger partial charge >= 0.3 is 5.97 Å². The highest BCUT2D eigenvalue weighted by atomic mass is 19.3. The number of nitrogens with one attached hydrogen (secondary N) is 1. The predicted octanol–water partition coefficient (Wildman–Crippen LogP) is 3.51. The summed E-state index contributed by atoms with van der Waals surface area (Å²) < 4.78 is 37.4. The van der Waals surface area contributed by atoms with Crippen LogP contribution in [0.5, 0.6) is 0 Å². The van der Waals surface area contributed by atoms with Crippen molar-refractivity contribution >= 4 is 5.97 Å². The van der Waals surface area contributed by atoms with Crippen molar-refractivity contribution in [3.63, 3.8) is 0 Å². The van der Waals surface area contributed by atoms with E-state index in [9.17, 15) is 13.6 Å². The zero-order valence-corrected chi connectivity index (χ0v) is 14.9. The summed E-state index contributed by atoms with van der Waals surface area (Å²) in [5.74, 6) is -0.660. The van der Waals surface area contributed by atoms with Gasteiger partial charge in [0.25, 0.3) is 6.43 Å². The van der Waals surface area contributed by atoms with E-state index in [1.165, 1.54) is 0 Å². The Morgan fingerprint density at radius 3 is 2.00 bits per heavy atom. The van der Waals surface area contributed by atoms with Gasteiger partial charge in [-0.25, -0.2) is 13.6 Å². The average Bonchev–Trinajstić information content (AvgIpc) is 2.71. The van der Waals surface area contributed by atoms with Gasteiger partial charge in [0.15, 0.2) is 0 Å². The lowest BCUT2D eigenvalue weighted by molar-refractivity contribution is -0.179. The number of hydrogen-bond donors (Lipinski definition) is 1. The molecule has 27 heavy (non-hydrogen) atoms. The van der Waals surface area contributed by atoms with Crippen LogP contribution in [-0.4, -0.2) is 38.2 Å². The number of alkyl halides is 2. The molecular weight excluding hydrogens is 352 g/mol. The molecule has 0 bridgehead atoms. The molecule has 0 aromatic heterocycles. The van der Waals surface area contributed by atoms with Gasteiger partial charge in [-0.2, -0.15) is 0 Å². The van der Waals surface area contributed by atoms with Gasteiger partial charge in [-0.3, -0.25) is 0 Å². The largest absolute Gasteiger partial charge is 0.460 e. The highest BCUT2D eigenvalue weighted by molar-refractivity contribution is 5.86. The molecule has 1 aliphatic heterocycles. The average molecular weight is 375 g/mol. The Labute approximate surface area is 157 Å². The van der Waals surface area contributed by atoms with Crippen LogP contribution in [0, 0.1) is 0 Å². The van der Waals surface area contributed by atoms with E-state index >= 15 is 0 Å². The fourth-order valence-electron chi connectivity index (χ4n) is 3.31.